The minimum absolute atomic E-state index is 0.0381. The fourth-order valence-electron chi connectivity index (χ4n) is 2.02. The molecular weight excluding hydrogens is 202 g/mol. The highest BCUT2D eigenvalue weighted by Gasteiger charge is 2.25. The average molecular weight is 227 g/mol. The highest BCUT2D eigenvalue weighted by atomic mass is 16.2. The van der Waals surface area contributed by atoms with E-state index in [1.165, 1.54) is 0 Å². The highest BCUT2D eigenvalue weighted by Crippen LogP contribution is 2.24. The van der Waals surface area contributed by atoms with Crippen LogP contribution in [0.3, 0.4) is 0 Å². The van der Waals surface area contributed by atoms with Crippen molar-refractivity contribution in [2.75, 3.05) is 6.54 Å². The molecule has 0 heterocycles. The smallest absolute Gasteiger partial charge is 0.315 e. The van der Waals surface area contributed by atoms with Gasteiger partial charge >= 0.3 is 6.03 Å². The Bertz CT molecular complexity index is 230. The van der Waals surface area contributed by atoms with E-state index in [4.69, 9.17) is 5.73 Å². The summed E-state index contributed by atoms with van der Waals surface area (Å²) < 4.78 is 0. The summed E-state index contributed by atoms with van der Waals surface area (Å²) in [4.78, 5) is 11.7. The predicted octanol–water partition coefficient (Wildman–Crippen LogP) is 1.46. The zero-order valence-corrected chi connectivity index (χ0v) is 10.6. The summed E-state index contributed by atoms with van der Waals surface area (Å²) >= 11 is 0. The number of carbonyl (C=O) groups excluding carboxylic acids is 1. The summed E-state index contributed by atoms with van der Waals surface area (Å²) in [6.07, 6.45) is 3.23. The topological polar surface area (TPSA) is 67.2 Å². The SMILES string of the molecule is CC(C)C(C)NC(=O)NC1CCC(CN)C1. The van der Waals surface area contributed by atoms with E-state index < -0.39 is 0 Å². The number of urea groups is 1. The molecule has 94 valence electrons. The lowest BCUT2D eigenvalue weighted by atomic mass is 10.1. The summed E-state index contributed by atoms with van der Waals surface area (Å²) in [6.45, 7) is 6.97. The van der Waals surface area contributed by atoms with Gasteiger partial charge in [-0.05, 0) is 44.6 Å². The van der Waals surface area contributed by atoms with E-state index >= 15 is 0 Å². The molecule has 0 saturated heterocycles. The lowest BCUT2D eigenvalue weighted by Gasteiger charge is -2.20. The summed E-state index contributed by atoms with van der Waals surface area (Å²) in [5.74, 6) is 1.05. The van der Waals surface area contributed by atoms with E-state index in [2.05, 4.69) is 24.5 Å². The molecule has 3 atom stereocenters. The van der Waals surface area contributed by atoms with Crippen molar-refractivity contribution in [2.45, 2.75) is 52.1 Å². The highest BCUT2D eigenvalue weighted by molar-refractivity contribution is 5.74. The Morgan fingerprint density at radius 1 is 1.38 bits per heavy atom. The minimum Gasteiger partial charge on any atom is -0.335 e. The van der Waals surface area contributed by atoms with Crippen molar-refractivity contribution in [1.29, 1.82) is 0 Å². The quantitative estimate of drug-likeness (QED) is 0.680. The molecule has 4 heteroatoms. The molecule has 0 aliphatic heterocycles. The van der Waals surface area contributed by atoms with E-state index in [1.54, 1.807) is 0 Å². The van der Waals surface area contributed by atoms with Crippen LogP contribution in [0.15, 0.2) is 0 Å². The molecule has 0 radical (unpaired) electrons. The molecule has 0 aromatic heterocycles. The average Bonchev–Trinajstić information content (AvgIpc) is 2.65. The molecule has 1 aliphatic rings. The molecule has 0 spiro atoms. The Balaban J connectivity index is 2.25. The molecule has 0 aromatic rings. The number of nitrogens with one attached hydrogen (secondary N) is 2. The lowest BCUT2D eigenvalue weighted by Crippen LogP contribution is -2.46. The second kappa shape index (κ2) is 6.09. The van der Waals surface area contributed by atoms with Crippen LogP contribution in [0.25, 0.3) is 0 Å². The fourth-order valence-corrected chi connectivity index (χ4v) is 2.02. The zero-order valence-electron chi connectivity index (χ0n) is 10.6. The van der Waals surface area contributed by atoms with E-state index in [-0.39, 0.29) is 12.1 Å². The zero-order chi connectivity index (χ0) is 12.1. The first kappa shape index (κ1) is 13.3. The Morgan fingerprint density at radius 3 is 2.56 bits per heavy atom. The second-order valence-corrected chi connectivity index (χ2v) is 5.26. The maximum atomic E-state index is 11.7. The molecule has 1 saturated carbocycles. The molecule has 0 bridgehead atoms. The van der Waals surface area contributed by atoms with Gasteiger partial charge in [-0.25, -0.2) is 4.79 Å². The monoisotopic (exact) mass is 227 g/mol. The largest absolute Gasteiger partial charge is 0.335 e. The molecular formula is C12H25N3O. The van der Waals surface area contributed by atoms with Gasteiger partial charge in [0.1, 0.15) is 0 Å². The van der Waals surface area contributed by atoms with Crippen molar-refractivity contribution in [3.63, 3.8) is 0 Å². The molecule has 3 unspecified atom stereocenters. The van der Waals surface area contributed by atoms with Gasteiger partial charge in [-0.1, -0.05) is 13.8 Å². The molecule has 0 aromatic carbocycles. The number of hydrogen-bond acceptors (Lipinski definition) is 2. The number of amides is 2. The van der Waals surface area contributed by atoms with Crippen molar-refractivity contribution in [3.05, 3.63) is 0 Å². The van der Waals surface area contributed by atoms with Gasteiger partial charge < -0.3 is 16.4 Å². The first-order valence-electron chi connectivity index (χ1n) is 6.30. The maximum absolute atomic E-state index is 11.7. The van der Waals surface area contributed by atoms with Gasteiger partial charge in [-0.3, -0.25) is 0 Å². The van der Waals surface area contributed by atoms with Gasteiger partial charge in [0.15, 0.2) is 0 Å². The third-order valence-electron chi connectivity index (χ3n) is 3.57. The first-order chi connectivity index (χ1) is 7.52. The van der Waals surface area contributed by atoms with Crippen molar-refractivity contribution < 1.29 is 4.79 Å². The summed E-state index contributed by atoms with van der Waals surface area (Å²) in [5.41, 5.74) is 5.62. The molecule has 16 heavy (non-hydrogen) atoms. The normalized spacial score (nSPS) is 26.8. The van der Waals surface area contributed by atoms with Gasteiger partial charge in [0, 0.05) is 12.1 Å². The third-order valence-corrected chi connectivity index (χ3v) is 3.57. The molecule has 1 fully saturated rings. The number of carbonyl (C=O) groups is 1. The van der Waals surface area contributed by atoms with E-state index in [1.807, 2.05) is 6.92 Å². The number of rotatable bonds is 4. The standard InChI is InChI=1S/C12H25N3O/c1-8(2)9(3)14-12(16)15-11-5-4-10(6-11)7-13/h8-11H,4-7,13H2,1-3H3,(H2,14,15,16). The van der Waals surface area contributed by atoms with Crippen LogP contribution in [0.4, 0.5) is 4.79 Å². The van der Waals surface area contributed by atoms with Gasteiger partial charge in [0.2, 0.25) is 0 Å². The van der Waals surface area contributed by atoms with Crippen molar-refractivity contribution in [1.82, 2.24) is 10.6 Å². The van der Waals surface area contributed by atoms with Crippen LogP contribution in [0, 0.1) is 11.8 Å². The third kappa shape index (κ3) is 4.00. The van der Waals surface area contributed by atoms with E-state index in [0.29, 0.717) is 17.9 Å². The Labute approximate surface area is 98.3 Å². The Hall–Kier alpha value is -0.770. The Kier molecular flexibility index (Phi) is 5.06. The first-order valence-corrected chi connectivity index (χ1v) is 6.30. The molecule has 1 aliphatic carbocycles. The van der Waals surface area contributed by atoms with Gasteiger partial charge in [0.05, 0.1) is 0 Å². The summed E-state index contributed by atoms with van der Waals surface area (Å²) in [6, 6.07) is 0.489. The molecule has 2 amide bonds. The van der Waals surface area contributed by atoms with Crippen molar-refractivity contribution >= 4 is 6.03 Å². The van der Waals surface area contributed by atoms with E-state index in [9.17, 15) is 4.79 Å². The number of hydrogen-bond donors (Lipinski definition) is 3. The van der Waals surface area contributed by atoms with Crippen LogP contribution in [-0.2, 0) is 0 Å². The maximum Gasteiger partial charge on any atom is 0.315 e. The summed E-state index contributed by atoms with van der Waals surface area (Å²) in [7, 11) is 0. The van der Waals surface area contributed by atoms with Gasteiger partial charge in [-0.15, -0.1) is 0 Å². The molecule has 4 nitrogen and oxygen atoms in total. The van der Waals surface area contributed by atoms with Crippen LogP contribution in [0.2, 0.25) is 0 Å². The lowest BCUT2D eigenvalue weighted by molar-refractivity contribution is 0.230. The van der Waals surface area contributed by atoms with Crippen molar-refractivity contribution in [2.24, 2.45) is 17.6 Å². The van der Waals surface area contributed by atoms with Gasteiger partial charge in [-0.2, -0.15) is 0 Å². The predicted molar refractivity (Wildman–Crippen MR) is 66.2 cm³/mol. The van der Waals surface area contributed by atoms with Crippen LogP contribution in [-0.4, -0.2) is 24.7 Å². The van der Waals surface area contributed by atoms with Crippen molar-refractivity contribution in [3.8, 4) is 0 Å². The fraction of sp³-hybridized carbons (Fsp3) is 0.917. The number of nitrogens with two attached hydrogens (primary N) is 1. The van der Waals surface area contributed by atoms with Gasteiger partial charge in [0.25, 0.3) is 0 Å². The summed E-state index contributed by atoms with van der Waals surface area (Å²) in [5, 5.41) is 5.98. The minimum atomic E-state index is -0.0381. The van der Waals surface area contributed by atoms with Crippen LogP contribution < -0.4 is 16.4 Å². The molecule has 4 N–H and O–H groups in total. The van der Waals surface area contributed by atoms with Crippen LogP contribution in [0.5, 0.6) is 0 Å². The van der Waals surface area contributed by atoms with Crippen LogP contribution in [0.1, 0.15) is 40.0 Å². The van der Waals surface area contributed by atoms with E-state index in [0.717, 1.165) is 25.8 Å². The van der Waals surface area contributed by atoms with Crippen LogP contribution >= 0.6 is 0 Å². The second-order valence-electron chi connectivity index (χ2n) is 5.26. The Morgan fingerprint density at radius 2 is 2.06 bits per heavy atom. The molecule has 1 rings (SSSR count).